The van der Waals surface area contributed by atoms with Gasteiger partial charge in [-0.3, -0.25) is 9.59 Å². The molecule has 0 spiro atoms. The van der Waals surface area contributed by atoms with Crippen molar-refractivity contribution < 1.29 is 14.3 Å². The van der Waals surface area contributed by atoms with Crippen LogP contribution in [0.5, 0.6) is 0 Å². The third-order valence-corrected chi connectivity index (χ3v) is 4.01. The maximum Gasteiger partial charge on any atom is 0.251 e. The van der Waals surface area contributed by atoms with E-state index in [0.717, 1.165) is 18.4 Å². The van der Waals surface area contributed by atoms with Gasteiger partial charge in [0.1, 0.15) is 6.04 Å². The maximum atomic E-state index is 12.6. The lowest BCUT2D eigenvalue weighted by Crippen LogP contribution is -2.48. The minimum absolute atomic E-state index is 0.171. The van der Waals surface area contributed by atoms with Crippen molar-refractivity contribution in [1.29, 1.82) is 0 Å². The molecule has 2 N–H and O–H groups in total. The maximum absolute atomic E-state index is 12.6. The van der Waals surface area contributed by atoms with Crippen molar-refractivity contribution in [3.63, 3.8) is 0 Å². The number of benzene rings is 2. The highest BCUT2D eigenvalue weighted by atomic mass is 16.5. The summed E-state index contributed by atoms with van der Waals surface area (Å²) < 4.78 is 5.01. The van der Waals surface area contributed by atoms with Crippen LogP contribution in [0.2, 0.25) is 0 Å². The van der Waals surface area contributed by atoms with Gasteiger partial charge in [0.05, 0.1) is 0 Å². The molecule has 2 amide bonds. The van der Waals surface area contributed by atoms with E-state index < -0.39 is 6.04 Å². The van der Waals surface area contributed by atoms with Gasteiger partial charge in [-0.15, -0.1) is 0 Å². The largest absolute Gasteiger partial charge is 0.385 e. The summed E-state index contributed by atoms with van der Waals surface area (Å²) in [6.45, 7) is 1.24. The fourth-order valence-corrected chi connectivity index (χ4v) is 2.60. The second-order valence-corrected chi connectivity index (χ2v) is 6.07. The lowest BCUT2D eigenvalue weighted by Gasteiger charge is -2.19. The molecule has 0 radical (unpaired) electrons. The van der Waals surface area contributed by atoms with Gasteiger partial charge in [-0.05, 0) is 30.5 Å². The van der Waals surface area contributed by atoms with Gasteiger partial charge in [0.25, 0.3) is 5.91 Å². The Bertz CT molecular complexity index is 674. The van der Waals surface area contributed by atoms with E-state index in [1.165, 1.54) is 0 Å². The van der Waals surface area contributed by atoms with Crippen LogP contribution < -0.4 is 10.6 Å². The fraction of sp³-hybridized carbons (Fsp3) is 0.333. The van der Waals surface area contributed by atoms with Crippen molar-refractivity contribution in [2.45, 2.75) is 25.3 Å². The zero-order valence-electron chi connectivity index (χ0n) is 15.1. The molecule has 26 heavy (non-hydrogen) atoms. The second-order valence-electron chi connectivity index (χ2n) is 6.07. The summed E-state index contributed by atoms with van der Waals surface area (Å²) in [5, 5.41) is 5.77. The van der Waals surface area contributed by atoms with Gasteiger partial charge in [0, 0.05) is 32.2 Å². The van der Waals surface area contributed by atoms with E-state index in [-0.39, 0.29) is 11.8 Å². The number of rotatable bonds is 10. The first-order chi connectivity index (χ1) is 12.7. The Morgan fingerprint density at radius 1 is 0.962 bits per heavy atom. The number of hydrogen-bond acceptors (Lipinski definition) is 3. The van der Waals surface area contributed by atoms with Crippen molar-refractivity contribution in [3.8, 4) is 0 Å². The van der Waals surface area contributed by atoms with Crippen LogP contribution in [0.15, 0.2) is 60.7 Å². The van der Waals surface area contributed by atoms with E-state index in [9.17, 15) is 9.59 Å². The predicted octanol–water partition coefficient (Wildman–Crippen LogP) is 2.57. The molecule has 0 bridgehead atoms. The summed E-state index contributed by atoms with van der Waals surface area (Å²) in [7, 11) is 1.66. The number of hydrogen-bond donors (Lipinski definition) is 2. The third-order valence-electron chi connectivity index (χ3n) is 4.01. The smallest absolute Gasteiger partial charge is 0.251 e. The van der Waals surface area contributed by atoms with Crippen molar-refractivity contribution in [3.05, 3.63) is 71.8 Å². The Kier molecular flexibility index (Phi) is 8.36. The van der Waals surface area contributed by atoms with Crippen LogP contribution in [-0.2, 0) is 16.0 Å². The molecule has 0 saturated heterocycles. The van der Waals surface area contributed by atoms with Gasteiger partial charge < -0.3 is 15.4 Å². The number of ether oxygens (including phenoxy) is 1. The van der Waals surface area contributed by atoms with E-state index >= 15 is 0 Å². The fourth-order valence-electron chi connectivity index (χ4n) is 2.60. The highest BCUT2D eigenvalue weighted by Crippen LogP contribution is 2.06. The molecule has 0 aliphatic heterocycles. The number of methoxy groups -OCH3 is 1. The summed E-state index contributed by atoms with van der Waals surface area (Å²) in [6.07, 6.45) is 2.17. The molecule has 0 aliphatic carbocycles. The lowest BCUT2D eigenvalue weighted by atomic mass is 10.0. The predicted molar refractivity (Wildman–Crippen MR) is 102 cm³/mol. The highest BCUT2D eigenvalue weighted by molar-refractivity contribution is 5.97. The molecule has 5 heteroatoms. The van der Waals surface area contributed by atoms with Crippen molar-refractivity contribution in [1.82, 2.24) is 10.6 Å². The minimum atomic E-state index is -0.618. The summed E-state index contributed by atoms with van der Waals surface area (Å²) >= 11 is 0. The SMILES string of the molecule is COCCCCNC(=O)C(Cc1ccccc1)NC(=O)c1ccccc1. The standard InChI is InChI=1S/C21H26N2O3/c1-26-15-9-8-14-22-21(25)19(16-17-10-4-2-5-11-17)23-20(24)18-12-6-3-7-13-18/h2-7,10-13,19H,8-9,14-16H2,1H3,(H,22,25)(H,23,24). The van der Waals surface area contributed by atoms with Gasteiger partial charge in [-0.2, -0.15) is 0 Å². The monoisotopic (exact) mass is 354 g/mol. The highest BCUT2D eigenvalue weighted by Gasteiger charge is 2.21. The first-order valence-electron chi connectivity index (χ1n) is 8.87. The van der Waals surface area contributed by atoms with Gasteiger partial charge in [0.15, 0.2) is 0 Å². The Labute approximate surface area is 154 Å². The number of carbonyl (C=O) groups excluding carboxylic acids is 2. The van der Waals surface area contributed by atoms with Crippen LogP contribution in [0.4, 0.5) is 0 Å². The molecular formula is C21H26N2O3. The van der Waals surface area contributed by atoms with Crippen LogP contribution in [0.25, 0.3) is 0 Å². The minimum Gasteiger partial charge on any atom is -0.385 e. The Morgan fingerprint density at radius 2 is 1.62 bits per heavy atom. The van der Waals surface area contributed by atoms with Crippen LogP contribution >= 0.6 is 0 Å². The van der Waals surface area contributed by atoms with E-state index in [2.05, 4.69) is 10.6 Å². The van der Waals surface area contributed by atoms with E-state index in [0.29, 0.717) is 25.1 Å². The zero-order chi connectivity index (χ0) is 18.6. The van der Waals surface area contributed by atoms with Crippen LogP contribution in [0.1, 0.15) is 28.8 Å². The van der Waals surface area contributed by atoms with E-state index in [1.54, 1.807) is 31.4 Å². The van der Waals surface area contributed by atoms with Crippen LogP contribution in [0.3, 0.4) is 0 Å². The first kappa shape index (κ1) is 19.7. The molecule has 0 aromatic heterocycles. The summed E-state index contributed by atoms with van der Waals surface area (Å²) in [4.78, 5) is 25.0. The molecule has 2 rings (SSSR count). The van der Waals surface area contributed by atoms with Crippen LogP contribution in [-0.4, -0.2) is 38.1 Å². The molecule has 138 valence electrons. The topological polar surface area (TPSA) is 67.4 Å². The molecule has 5 nitrogen and oxygen atoms in total. The average molecular weight is 354 g/mol. The number of nitrogens with one attached hydrogen (secondary N) is 2. The second kappa shape index (κ2) is 11.1. The molecule has 1 atom stereocenters. The molecule has 0 heterocycles. The van der Waals surface area contributed by atoms with E-state index in [4.69, 9.17) is 4.74 Å². The summed E-state index contributed by atoms with van der Waals surface area (Å²) in [5.41, 5.74) is 1.54. The summed E-state index contributed by atoms with van der Waals surface area (Å²) in [5.74, 6) is -0.420. The first-order valence-corrected chi connectivity index (χ1v) is 8.87. The molecule has 0 saturated carbocycles. The van der Waals surface area contributed by atoms with E-state index in [1.807, 2.05) is 36.4 Å². The Morgan fingerprint density at radius 3 is 2.27 bits per heavy atom. The number of unbranched alkanes of at least 4 members (excludes halogenated alkanes) is 1. The normalized spacial score (nSPS) is 11.6. The average Bonchev–Trinajstić information content (AvgIpc) is 2.68. The molecule has 2 aromatic carbocycles. The van der Waals surface area contributed by atoms with Gasteiger partial charge in [-0.1, -0.05) is 48.5 Å². The molecule has 0 aliphatic rings. The van der Waals surface area contributed by atoms with Crippen LogP contribution in [0, 0.1) is 0 Å². The van der Waals surface area contributed by atoms with Gasteiger partial charge in [-0.25, -0.2) is 0 Å². The quantitative estimate of drug-likeness (QED) is 0.645. The number of amides is 2. The number of carbonyl (C=O) groups is 2. The Hall–Kier alpha value is -2.66. The molecular weight excluding hydrogens is 328 g/mol. The third kappa shape index (κ3) is 6.69. The summed E-state index contributed by atoms with van der Waals surface area (Å²) in [6, 6.07) is 18.0. The van der Waals surface area contributed by atoms with Gasteiger partial charge in [0.2, 0.25) is 5.91 Å². The molecule has 2 aromatic rings. The lowest BCUT2D eigenvalue weighted by molar-refractivity contribution is -0.122. The van der Waals surface area contributed by atoms with Crippen molar-refractivity contribution in [2.75, 3.05) is 20.3 Å². The molecule has 0 fully saturated rings. The zero-order valence-corrected chi connectivity index (χ0v) is 15.1. The van der Waals surface area contributed by atoms with Gasteiger partial charge >= 0.3 is 0 Å². The Balaban J connectivity index is 1.98. The van der Waals surface area contributed by atoms with Crippen molar-refractivity contribution in [2.24, 2.45) is 0 Å². The molecule has 1 unspecified atom stereocenters. The van der Waals surface area contributed by atoms with Crippen molar-refractivity contribution >= 4 is 11.8 Å².